The molecule has 17 heavy (non-hydrogen) atoms. The van der Waals surface area contributed by atoms with Crippen molar-refractivity contribution < 1.29 is 0 Å². The third kappa shape index (κ3) is 5.35. The molecule has 0 unspecified atom stereocenters. The Labute approximate surface area is 106 Å². The second-order valence-corrected chi connectivity index (χ2v) is 4.94. The van der Waals surface area contributed by atoms with Gasteiger partial charge in [-0.25, -0.2) is 4.98 Å². The van der Waals surface area contributed by atoms with Gasteiger partial charge in [-0.1, -0.05) is 40.0 Å². The second kappa shape index (κ2) is 8.29. The molecule has 3 heteroatoms. The Balaban J connectivity index is 2.11. The number of nitrogens with zero attached hydrogens (tertiary/aromatic N) is 2. The Hall–Kier alpha value is -0.830. The molecule has 1 N–H and O–H groups in total. The average Bonchev–Trinajstić information content (AvgIpc) is 2.76. The summed E-state index contributed by atoms with van der Waals surface area (Å²) in [6, 6.07) is 0. The fraction of sp³-hybridized carbons (Fsp3) is 0.786. The predicted molar refractivity (Wildman–Crippen MR) is 73.3 cm³/mol. The van der Waals surface area contributed by atoms with E-state index >= 15 is 0 Å². The number of rotatable bonds is 9. The Bertz CT molecular complexity index is 291. The van der Waals surface area contributed by atoms with E-state index in [0.717, 1.165) is 19.6 Å². The van der Waals surface area contributed by atoms with Crippen LogP contribution in [0.15, 0.2) is 12.4 Å². The summed E-state index contributed by atoms with van der Waals surface area (Å²) < 4.78 is 2.25. The molecule has 98 valence electrons. The van der Waals surface area contributed by atoms with Crippen LogP contribution in [0.4, 0.5) is 0 Å². The first-order valence-electron chi connectivity index (χ1n) is 6.97. The summed E-state index contributed by atoms with van der Waals surface area (Å²) in [5.74, 6) is 1.70. The van der Waals surface area contributed by atoms with Crippen LogP contribution in [-0.2, 0) is 6.54 Å². The van der Waals surface area contributed by atoms with Gasteiger partial charge in [0.1, 0.15) is 5.82 Å². The van der Waals surface area contributed by atoms with E-state index in [2.05, 4.69) is 41.8 Å². The van der Waals surface area contributed by atoms with Gasteiger partial charge in [0.25, 0.3) is 0 Å². The molecule has 0 aliphatic carbocycles. The van der Waals surface area contributed by atoms with Gasteiger partial charge in [0.15, 0.2) is 0 Å². The smallest absolute Gasteiger partial charge is 0.111 e. The molecule has 0 aliphatic heterocycles. The van der Waals surface area contributed by atoms with E-state index in [1.807, 2.05) is 6.20 Å². The summed E-state index contributed by atoms with van der Waals surface area (Å²) in [6.45, 7) is 9.85. The van der Waals surface area contributed by atoms with Crippen LogP contribution in [0.3, 0.4) is 0 Å². The Morgan fingerprint density at radius 2 is 2.06 bits per heavy atom. The van der Waals surface area contributed by atoms with Gasteiger partial charge < -0.3 is 9.88 Å². The van der Waals surface area contributed by atoms with Crippen molar-refractivity contribution in [3.05, 3.63) is 18.2 Å². The normalized spacial score (nSPS) is 11.3. The Morgan fingerprint density at radius 3 is 2.76 bits per heavy atom. The molecule has 0 aromatic carbocycles. The third-order valence-electron chi connectivity index (χ3n) is 3.00. The Kier molecular flexibility index (Phi) is 6.94. The lowest BCUT2D eigenvalue weighted by atomic mass is 10.2. The SMILES string of the molecule is CCCCCCNCCn1ccnc1C(C)C. The number of hydrogen-bond donors (Lipinski definition) is 1. The largest absolute Gasteiger partial charge is 0.333 e. The second-order valence-electron chi connectivity index (χ2n) is 4.94. The maximum atomic E-state index is 4.39. The van der Waals surface area contributed by atoms with E-state index in [9.17, 15) is 0 Å². The molecule has 0 bridgehead atoms. The van der Waals surface area contributed by atoms with Crippen LogP contribution in [-0.4, -0.2) is 22.6 Å². The number of imidazole rings is 1. The van der Waals surface area contributed by atoms with Crippen LogP contribution in [0.25, 0.3) is 0 Å². The van der Waals surface area contributed by atoms with Crippen molar-refractivity contribution in [1.29, 1.82) is 0 Å². The molecule has 1 rings (SSSR count). The lowest BCUT2D eigenvalue weighted by molar-refractivity contribution is 0.543. The molecule has 1 aromatic heterocycles. The highest BCUT2D eigenvalue weighted by Gasteiger charge is 2.05. The molecule has 3 nitrogen and oxygen atoms in total. The zero-order valence-electron chi connectivity index (χ0n) is 11.6. The van der Waals surface area contributed by atoms with Gasteiger partial charge >= 0.3 is 0 Å². The average molecular weight is 237 g/mol. The van der Waals surface area contributed by atoms with Crippen molar-refractivity contribution in [1.82, 2.24) is 14.9 Å². The van der Waals surface area contributed by atoms with Gasteiger partial charge in [-0.3, -0.25) is 0 Å². The molecule has 0 atom stereocenters. The van der Waals surface area contributed by atoms with Crippen LogP contribution in [0.1, 0.15) is 58.2 Å². The maximum absolute atomic E-state index is 4.39. The summed E-state index contributed by atoms with van der Waals surface area (Å²) in [5, 5.41) is 3.50. The number of hydrogen-bond acceptors (Lipinski definition) is 2. The van der Waals surface area contributed by atoms with Gasteiger partial charge in [0.2, 0.25) is 0 Å². The highest BCUT2D eigenvalue weighted by Crippen LogP contribution is 2.10. The van der Waals surface area contributed by atoms with E-state index in [0.29, 0.717) is 5.92 Å². The summed E-state index contributed by atoms with van der Waals surface area (Å²) in [6.07, 6.45) is 9.30. The minimum absolute atomic E-state index is 0.509. The van der Waals surface area contributed by atoms with E-state index in [1.165, 1.54) is 31.5 Å². The van der Waals surface area contributed by atoms with Crippen LogP contribution < -0.4 is 5.32 Å². The first-order chi connectivity index (χ1) is 8.25. The van der Waals surface area contributed by atoms with Crippen molar-refractivity contribution in [2.24, 2.45) is 0 Å². The fourth-order valence-electron chi connectivity index (χ4n) is 2.01. The minimum Gasteiger partial charge on any atom is -0.333 e. The van der Waals surface area contributed by atoms with Crippen molar-refractivity contribution in [3.8, 4) is 0 Å². The van der Waals surface area contributed by atoms with Crippen LogP contribution in [0.5, 0.6) is 0 Å². The number of unbranched alkanes of at least 4 members (excludes halogenated alkanes) is 3. The van der Waals surface area contributed by atoms with Crippen LogP contribution in [0.2, 0.25) is 0 Å². The summed E-state index contributed by atoms with van der Waals surface area (Å²) in [7, 11) is 0. The van der Waals surface area contributed by atoms with Crippen molar-refractivity contribution in [3.63, 3.8) is 0 Å². The zero-order chi connectivity index (χ0) is 12.5. The number of nitrogens with one attached hydrogen (secondary N) is 1. The van der Waals surface area contributed by atoms with E-state index in [4.69, 9.17) is 0 Å². The molecule has 0 spiro atoms. The standard InChI is InChI=1S/C14H27N3/c1-4-5-6-7-8-15-9-11-17-12-10-16-14(17)13(2)3/h10,12-13,15H,4-9,11H2,1-3H3. The molecule has 0 fully saturated rings. The molecule has 0 aliphatic rings. The van der Waals surface area contributed by atoms with Crippen molar-refractivity contribution in [2.75, 3.05) is 13.1 Å². The quantitative estimate of drug-likeness (QED) is 0.669. The summed E-state index contributed by atoms with van der Waals surface area (Å²) in [5.41, 5.74) is 0. The first-order valence-corrected chi connectivity index (χ1v) is 6.97. The number of aromatic nitrogens is 2. The monoisotopic (exact) mass is 237 g/mol. The van der Waals surface area contributed by atoms with E-state index in [-0.39, 0.29) is 0 Å². The lowest BCUT2D eigenvalue weighted by Gasteiger charge is -2.10. The van der Waals surface area contributed by atoms with Crippen LogP contribution >= 0.6 is 0 Å². The minimum atomic E-state index is 0.509. The molecule has 0 saturated carbocycles. The summed E-state index contributed by atoms with van der Waals surface area (Å²) >= 11 is 0. The van der Waals surface area contributed by atoms with Gasteiger partial charge in [-0.15, -0.1) is 0 Å². The van der Waals surface area contributed by atoms with Crippen LogP contribution in [0, 0.1) is 0 Å². The molecule has 0 radical (unpaired) electrons. The highest BCUT2D eigenvalue weighted by molar-refractivity contribution is 4.97. The molecule has 0 amide bonds. The van der Waals surface area contributed by atoms with E-state index in [1.54, 1.807) is 0 Å². The van der Waals surface area contributed by atoms with Gasteiger partial charge in [-0.2, -0.15) is 0 Å². The Morgan fingerprint density at radius 1 is 1.24 bits per heavy atom. The highest BCUT2D eigenvalue weighted by atomic mass is 15.1. The van der Waals surface area contributed by atoms with Crippen molar-refractivity contribution in [2.45, 2.75) is 58.9 Å². The topological polar surface area (TPSA) is 29.9 Å². The predicted octanol–water partition coefficient (Wildman–Crippen LogP) is 3.18. The lowest BCUT2D eigenvalue weighted by Crippen LogP contribution is -2.21. The molecular weight excluding hydrogens is 210 g/mol. The molecule has 1 heterocycles. The van der Waals surface area contributed by atoms with Crippen molar-refractivity contribution >= 4 is 0 Å². The maximum Gasteiger partial charge on any atom is 0.111 e. The van der Waals surface area contributed by atoms with Gasteiger partial charge in [-0.05, 0) is 13.0 Å². The molecule has 1 aromatic rings. The fourth-order valence-corrected chi connectivity index (χ4v) is 2.01. The van der Waals surface area contributed by atoms with Gasteiger partial charge in [0.05, 0.1) is 0 Å². The molecule has 0 saturated heterocycles. The summed E-state index contributed by atoms with van der Waals surface area (Å²) in [4.78, 5) is 4.39. The van der Waals surface area contributed by atoms with Gasteiger partial charge in [0, 0.05) is 31.4 Å². The third-order valence-corrected chi connectivity index (χ3v) is 3.00. The van der Waals surface area contributed by atoms with E-state index < -0.39 is 0 Å². The molecular formula is C14H27N3. The zero-order valence-corrected chi connectivity index (χ0v) is 11.6. The first kappa shape index (κ1) is 14.2.